The lowest BCUT2D eigenvalue weighted by atomic mass is 10.1. The average molecular weight is 290 g/mol. The van der Waals surface area contributed by atoms with Crippen molar-refractivity contribution in [1.82, 2.24) is 5.32 Å². The lowest BCUT2D eigenvalue weighted by Gasteiger charge is -2.17. The number of carboxylic acids is 2. The van der Waals surface area contributed by atoms with E-state index in [0.29, 0.717) is 0 Å². The Kier molecular flexibility index (Phi) is 7.90. The van der Waals surface area contributed by atoms with Crippen molar-refractivity contribution in [3.63, 3.8) is 0 Å². The fourth-order valence-corrected chi connectivity index (χ4v) is 1.31. The summed E-state index contributed by atoms with van der Waals surface area (Å²) in [6, 6.07) is -2.40. The molecule has 0 saturated heterocycles. The highest BCUT2D eigenvalue weighted by Gasteiger charge is 2.24. The summed E-state index contributed by atoms with van der Waals surface area (Å²) in [6.07, 6.45) is -0.712. The molecular formula is C11H18N2O7. The minimum absolute atomic E-state index is 0.107. The van der Waals surface area contributed by atoms with Crippen LogP contribution in [0.25, 0.3) is 0 Å². The molecule has 1 unspecified atom stereocenters. The van der Waals surface area contributed by atoms with E-state index in [4.69, 9.17) is 15.9 Å². The molecule has 0 aliphatic rings. The molecule has 0 radical (unpaired) electrons. The number of nitrogens with two attached hydrogens (primary N) is 1. The molecule has 1 amide bonds. The second-order valence-corrected chi connectivity index (χ2v) is 4.05. The van der Waals surface area contributed by atoms with Crippen LogP contribution in [-0.4, -0.2) is 53.2 Å². The molecule has 0 spiro atoms. The first-order valence-corrected chi connectivity index (χ1v) is 5.85. The number of hydrogen-bond donors (Lipinski definition) is 4. The fourth-order valence-electron chi connectivity index (χ4n) is 1.31. The summed E-state index contributed by atoms with van der Waals surface area (Å²) < 4.78 is 4.36. The summed E-state index contributed by atoms with van der Waals surface area (Å²) in [7, 11) is 1.17. The Balaban J connectivity index is 4.36. The van der Waals surface area contributed by atoms with E-state index in [1.165, 1.54) is 7.11 Å². The quantitative estimate of drug-likeness (QED) is 0.382. The number of carbonyl (C=O) groups is 4. The van der Waals surface area contributed by atoms with Crippen LogP contribution in [0.4, 0.5) is 0 Å². The van der Waals surface area contributed by atoms with Gasteiger partial charge in [0.2, 0.25) is 5.91 Å². The van der Waals surface area contributed by atoms with Gasteiger partial charge in [-0.25, -0.2) is 4.79 Å². The van der Waals surface area contributed by atoms with Crippen molar-refractivity contribution in [3.05, 3.63) is 0 Å². The molecule has 0 rings (SSSR count). The molecule has 20 heavy (non-hydrogen) atoms. The van der Waals surface area contributed by atoms with Gasteiger partial charge in [0.05, 0.1) is 13.2 Å². The number of amides is 1. The van der Waals surface area contributed by atoms with Crippen LogP contribution in [0.2, 0.25) is 0 Å². The highest BCUT2D eigenvalue weighted by molar-refractivity contribution is 5.87. The Bertz CT molecular complexity index is 383. The minimum Gasteiger partial charge on any atom is -0.481 e. The summed E-state index contributed by atoms with van der Waals surface area (Å²) in [5.41, 5.74) is 5.44. The zero-order chi connectivity index (χ0) is 15.7. The highest BCUT2D eigenvalue weighted by atomic mass is 16.5. The third-order valence-corrected chi connectivity index (χ3v) is 2.49. The summed E-state index contributed by atoms with van der Waals surface area (Å²) in [5.74, 6) is -3.79. The second kappa shape index (κ2) is 8.86. The van der Waals surface area contributed by atoms with Crippen molar-refractivity contribution in [1.29, 1.82) is 0 Å². The van der Waals surface area contributed by atoms with Gasteiger partial charge in [-0.05, 0) is 12.8 Å². The van der Waals surface area contributed by atoms with E-state index in [1.54, 1.807) is 0 Å². The Labute approximate surface area is 115 Å². The normalized spacial score (nSPS) is 13.1. The Hall–Kier alpha value is -2.16. The van der Waals surface area contributed by atoms with E-state index in [-0.39, 0.29) is 25.7 Å². The topological polar surface area (TPSA) is 156 Å². The summed E-state index contributed by atoms with van der Waals surface area (Å²) in [4.78, 5) is 43.8. The molecule has 0 saturated carbocycles. The van der Waals surface area contributed by atoms with Gasteiger partial charge in [-0.1, -0.05) is 0 Å². The molecule has 9 nitrogen and oxygen atoms in total. The van der Waals surface area contributed by atoms with Crippen molar-refractivity contribution in [2.45, 2.75) is 37.8 Å². The predicted molar refractivity (Wildman–Crippen MR) is 65.7 cm³/mol. The van der Waals surface area contributed by atoms with Crippen molar-refractivity contribution >= 4 is 23.8 Å². The zero-order valence-electron chi connectivity index (χ0n) is 11.0. The largest absolute Gasteiger partial charge is 0.481 e. The van der Waals surface area contributed by atoms with Gasteiger partial charge < -0.3 is 26.0 Å². The highest BCUT2D eigenvalue weighted by Crippen LogP contribution is 2.02. The second-order valence-electron chi connectivity index (χ2n) is 4.05. The molecule has 0 aromatic rings. The van der Waals surface area contributed by atoms with Gasteiger partial charge in [-0.3, -0.25) is 14.4 Å². The lowest BCUT2D eigenvalue weighted by molar-refractivity contribution is -0.144. The van der Waals surface area contributed by atoms with E-state index >= 15 is 0 Å². The van der Waals surface area contributed by atoms with Gasteiger partial charge in [-0.2, -0.15) is 0 Å². The van der Waals surface area contributed by atoms with Crippen LogP contribution in [0.1, 0.15) is 25.7 Å². The number of esters is 1. The molecule has 5 N–H and O–H groups in total. The molecule has 0 aliphatic carbocycles. The molecule has 114 valence electrons. The van der Waals surface area contributed by atoms with Crippen LogP contribution in [0.15, 0.2) is 0 Å². The molecule has 0 aromatic heterocycles. The first-order chi connectivity index (χ1) is 9.27. The first-order valence-electron chi connectivity index (χ1n) is 5.85. The van der Waals surface area contributed by atoms with Gasteiger partial charge >= 0.3 is 17.9 Å². The molecule has 0 aromatic carbocycles. The van der Waals surface area contributed by atoms with E-state index in [1.807, 2.05) is 0 Å². The maximum absolute atomic E-state index is 11.6. The number of hydrogen-bond acceptors (Lipinski definition) is 6. The monoisotopic (exact) mass is 290 g/mol. The Morgan fingerprint density at radius 3 is 2.20 bits per heavy atom. The van der Waals surface area contributed by atoms with Crippen LogP contribution in [0.5, 0.6) is 0 Å². The van der Waals surface area contributed by atoms with Crippen LogP contribution >= 0.6 is 0 Å². The number of carboxylic acid groups (broad SMARTS) is 2. The molecule has 0 fully saturated rings. The van der Waals surface area contributed by atoms with Crippen LogP contribution in [0.3, 0.4) is 0 Å². The SMILES string of the molecule is COC(=O)CC[C@H](NC(=O)C(N)CCC(=O)O)C(=O)O. The zero-order valence-corrected chi connectivity index (χ0v) is 11.0. The van der Waals surface area contributed by atoms with Gasteiger partial charge in [-0.15, -0.1) is 0 Å². The maximum Gasteiger partial charge on any atom is 0.326 e. The van der Waals surface area contributed by atoms with Crippen LogP contribution < -0.4 is 11.1 Å². The van der Waals surface area contributed by atoms with Gasteiger partial charge in [0.15, 0.2) is 0 Å². The van der Waals surface area contributed by atoms with E-state index in [0.717, 1.165) is 0 Å². The van der Waals surface area contributed by atoms with Gasteiger partial charge in [0.25, 0.3) is 0 Å². The number of nitrogens with one attached hydrogen (secondary N) is 1. The van der Waals surface area contributed by atoms with Gasteiger partial charge in [0, 0.05) is 12.8 Å². The number of carbonyl (C=O) groups excluding carboxylic acids is 2. The molecular weight excluding hydrogens is 272 g/mol. The first kappa shape index (κ1) is 17.8. The summed E-state index contributed by atoms with van der Waals surface area (Å²) >= 11 is 0. The van der Waals surface area contributed by atoms with Crippen LogP contribution in [-0.2, 0) is 23.9 Å². The lowest BCUT2D eigenvalue weighted by Crippen LogP contribution is -2.48. The van der Waals surface area contributed by atoms with E-state index < -0.39 is 35.9 Å². The maximum atomic E-state index is 11.6. The van der Waals surface area contributed by atoms with Crippen molar-refractivity contribution < 1.29 is 34.1 Å². The van der Waals surface area contributed by atoms with E-state index in [2.05, 4.69) is 10.1 Å². The Morgan fingerprint density at radius 2 is 1.75 bits per heavy atom. The predicted octanol–water partition coefficient (Wildman–Crippen LogP) is -1.30. The number of rotatable bonds is 9. The molecule has 0 bridgehead atoms. The molecule has 0 heterocycles. The number of ether oxygens (including phenoxy) is 1. The number of methoxy groups -OCH3 is 1. The Morgan fingerprint density at radius 1 is 1.15 bits per heavy atom. The third kappa shape index (κ3) is 7.31. The van der Waals surface area contributed by atoms with Crippen molar-refractivity contribution in [3.8, 4) is 0 Å². The standard InChI is InChI=1S/C11H18N2O7/c1-20-9(16)5-3-7(11(18)19)13-10(17)6(12)2-4-8(14)15/h6-7H,2-5,12H2,1H3,(H,13,17)(H,14,15)(H,18,19)/t6?,7-/m0/s1. The smallest absolute Gasteiger partial charge is 0.326 e. The fraction of sp³-hybridized carbons (Fsp3) is 0.636. The van der Waals surface area contributed by atoms with Crippen molar-refractivity contribution in [2.24, 2.45) is 5.73 Å². The molecule has 2 atom stereocenters. The summed E-state index contributed by atoms with van der Waals surface area (Å²) in [6.45, 7) is 0. The third-order valence-electron chi connectivity index (χ3n) is 2.49. The minimum atomic E-state index is -1.31. The van der Waals surface area contributed by atoms with Gasteiger partial charge in [0.1, 0.15) is 6.04 Å². The molecule has 0 aliphatic heterocycles. The van der Waals surface area contributed by atoms with Crippen molar-refractivity contribution in [2.75, 3.05) is 7.11 Å². The number of aliphatic carboxylic acids is 2. The average Bonchev–Trinajstić information content (AvgIpc) is 2.39. The van der Waals surface area contributed by atoms with Crippen LogP contribution in [0, 0.1) is 0 Å². The van der Waals surface area contributed by atoms with E-state index in [9.17, 15) is 19.2 Å². The summed E-state index contributed by atoms with van der Waals surface area (Å²) in [5, 5.41) is 19.5. The molecule has 9 heteroatoms.